The fraction of sp³-hybridized carbons (Fsp3) is 1.00. The number of nitrogens with two attached hydrogens (primary N) is 1. The second-order valence-electron chi connectivity index (χ2n) is 6.24. The molecule has 2 heteroatoms. The average molecular weight is 210 g/mol. The van der Waals surface area contributed by atoms with E-state index in [1.807, 2.05) is 0 Å². The normalized spacial score (nSPS) is 51.6. The fourth-order valence-corrected chi connectivity index (χ4v) is 5.04. The maximum Gasteiger partial charge on any atom is 0.0190 e. The quantitative estimate of drug-likeness (QED) is 0.735. The Morgan fingerprint density at radius 3 is 2.20 bits per heavy atom. The van der Waals surface area contributed by atoms with Gasteiger partial charge in [0.05, 0.1) is 0 Å². The maximum atomic E-state index is 6.65. The van der Waals surface area contributed by atoms with Gasteiger partial charge in [0, 0.05) is 5.54 Å². The average Bonchev–Trinajstić information content (AvgIpc) is 2.09. The van der Waals surface area contributed by atoms with Crippen LogP contribution in [0.2, 0.25) is 0 Å². The Bertz CT molecular complexity index is 225. The van der Waals surface area contributed by atoms with Gasteiger partial charge in [0.25, 0.3) is 0 Å². The Morgan fingerprint density at radius 1 is 1.13 bits per heavy atom. The number of rotatable bonds is 2. The van der Waals surface area contributed by atoms with Crippen molar-refractivity contribution in [1.82, 2.24) is 6.15 Å². The van der Waals surface area contributed by atoms with Crippen molar-refractivity contribution < 1.29 is 0 Å². The van der Waals surface area contributed by atoms with Crippen LogP contribution in [0.15, 0.2) is 0 Å². The Kier molecular flexibility index (Phi) is 2.85. The topological polar surface area (TPSA) is 61.0 Å². The van der Waals surface area contributed by atoms with E-state index in [4.69, 9.17) is 5.73 Å². The highest BCUT2D eigenvalue weighted by molar-refractivity contribution is 5.09. The zero-order valence-corrected chi connectivity index (χ0v) is 10.0. The van der Waals surface area contributed by atoms with E-state index in [0.29, 0.717) is 0 Å². The predicted molar refractivity (Wildman–Crippen MR) is 63.9 cm³/mol. The molecule has 0 spiro atoms. The monoisotopic (exact) mass is 210 g/mol. The molecule has 4 aliphatic carbocycles. The maximum absolute atomic E-state index is 6.65. The van der Waals surface area contributed by atoms with Crippen LogP contribution in [0.1, 0.15) is 51.9 Å². The van der Waals surface area contributed by atoms with Crippen molar-refractivity contribution in [3.63, 3.8) is 0 Å². The lowest BCUT2D eigenvalue weighted by molar-refractivity contribution is -0.0585. The van der Waals surface area contributed by atoms with Gasteiger partial charge in [0.15, 0.2) is 0 Å². The van der Waals surface area contributed by atoms with Crippen LogP contribution in [0.25, 0.3) is 0 Å². The molecule has 0 heterocycles. The van der Waals surface area contributed by atoms with E-state index in [0.717, 1.165) is 23.7 Å². The highest BCUT2D eigenvalue weighted by atomic mass is 14.8. The number of hydrogen-bond acceptors (Lipinski definition) is 2. The molecule has 2 nitrogen and oxygen atoms in total. The van der Waals surface area contributed by atoms with Gasteiger partial charge in [-0.1, -0.05) is 13.3 Å². The largest absolute Gasteiger partial charge is 0.344 e. The van der Waals surface area contributed by atoms with Crippen LogP contribution in [0.5, 0.6) is 0 Å². The van der Waals surface area contributed by atoms with E-state index in [9.17, 15) is 0 Å². The van der Waals surface area contributed by atoms with E-state index in [2.05, 4.69) is 6.92 Å². The Labute approximate surface area is 93.6 Å². The molecule has 0 aliphatic heterocycles. The van der Waals surface area contributed by atoms with Crippen LogP contribution >= 0.6 is 0 Å². The molecule has 0 aromatic heterocycles. The Balaban J connectivity index is 0.000000853. The molecule has 0 saturated heterocycles. The van der Waals surface area contributed by atoms with Crippen molar-refractivity contribution in [3.05, 3.63) is 0 Å². The summed E-state index contributed by atoms with van der Waals surface area (Å²) in [5.74, 6) is 3.89. The van der Waals surface area contributed by atoms with E-state index >= 15 is 0 Å². The lowest BCUT2D eigenvalue weighted by Crippen LogP contribution is -2.62. The summed E-state index contributed by atoms with van der Waals surface area (Å²) in [6, 6.07) is 0. The molecule has 4 saturated carbocycles. The minimum absolute atomic E-state index is 0. The zero-order valence-electron chi connectivity index (χ0n) is 10.0. The van der Waals surface area contributed by atoms with Gasteiger partial charge < -0.3 is 11.9 Å². The molecule has 0 amide bonds. The van der Waals surface area contributed by atoms with Gasteiger partial charge in [-0.25, -0.2) is 0 Å². The molecular weight excluding hydrogens is 184 g/mol. The summed E-state index contributed by atoms with van der Waals surface area (Å²) in [5, 5.41) is 0. The van der Waals surface area contributed by atoms with E-state index < -0.39 is 0 Å². The molecule has 3 atom stereocenters. The summed E-state index contributed by atoms with van der Waals surface area (Å²) in [4.78, 5) is 0. The van der Waals surface area contributed by atoms with Crippen LogP contribution in [0.4, 0.5) is 0 Å². The Morgan fingerprint density at radius 2 is 1.73 bits per heavy atom. The SMILES string of the molecule is CCCC1C2CC3CC(C2)CC1(N)C3.N. The first-order valence-corrected chi connectivity index (χ1v) is 6.50. The second kappa shape index (κ2) is 3.74. The third-order valence-electron chi connectivity index (χ3n) is 5.18. The van der Waals surface area contributed by atoms with Crippen molar-refractivity contribution >= 4 is 0 Å². The fourth-order valence-electron chi connectivity index (χ4n) is 5.04. The van der Waals surface area contributed by atoms with Gasteiger partial charge in [0.2, 0.25) is 0 Å². The van der Waals surface area contributed by atoms with Gasteiger partial charge in [0.1, 0.15) is 0 Å². The highest BCUT2D eigenvalue weighted by Crippen LogP contribution is 2.58. The van der Waals surface area contributed by atoms with Crippen molar-refractivity contribution in [3.8, 4) is 0 Å². The third-order valence-corrected chi connectivity index (χ3v) is 5.18. The van der Waals surface area contributed by atoms with Crippen LogP contribution in [-0.4, -0.2) is 5.54 Å². The summed E-state index contributed by atoms with van der Waals surface area (Å²) in [5.41, 5.74) is 6.92. The zero-order chi connectivity index (χ0) is 9.76. The molecule has 4 fully saturated rings. The van der Waals surface area contributed by atoms with Gasteiger partial charge in [-0.05, 0) is 62.2 Å². The smallest absolute Gasteiger partial charge is 0.0190 e. The Hall–Kier alpha value is -0.0800. The first-order valence-electron chi connectivity index (χ1n) is 6.50. The second-order valence-corrected chi connectivity index (χ2v) is 6.24. The molecule has 4 aliphatic rings. The first-order chi connectivity index (χ1) is 6.71. The standard InChI is InChI=1S/C13H23N.H3N/c1-2-3-12-11-5-9-4-10(6-11)8-13(12,14)7-9;/h9-12H,2-8,14H2,1H3;1H3. The molecule has 15 heavy (non-hydrogen) atoms. The predicted octanol–water partition coefficient (Wildman–Crippen LogP) is 3.10. The lowest BCUT2D eigenvalue weighted by atomic mass is 9.48. The number of hydrogen-bond donors (Lipinski definition) is 2. The van der Waals surface area contributed by atoms with Gasteiger partial charge in [-0.15, -0.1) is 0 Å². The molecule has 4 bridgehead atoms. The van der Waals surface area contributed by atoms with Gasteiger partial charge >= 0.3 is 0 Å². The van der Waals surface area contributed by atoms with Crippen LogP contribution < -0.4 is 11.9 Å². The van der Waals surface area contributed by atoms with Crippen LogP contribution in [-0.2, 0) is 0 Å². The molecule has 4 rings (SSSR count). The van der Waals surface area contributed by atoms with Crippen molar-refractivity contribution in [2.24, 2.45) is 29.4 Å². The molecule has 0 radical (unpaired) electrons. The summed E-state index contributed by atoms with van der Waals surface area (Å²) >= 11 is 0. The molecular formula is C13H26N2. The van der Waals surface area contributed by atoms with E-state index in [-0.39, 0.29) is 11.7 Å². The minimum atomic E-state index is 0. The summed E-state index contributed by atoms with van der Waals surface area (Å²) in [7, 11) is 0. The van der Waals surface area contributed by atoms with Gasteiger partial charge in [-0.2, -0.15) is 0 Å². The van der Waals surface area contributed by atoms with E-state index in [1.165, 1.54) is 44.9 Å². The molecule has 3 unspecified atom stereocenters. The molecule has 0 aromatic carbocycles. The lowest BCUT2D eigenvalue weighted by Gasteiger charge is -2.60. The molecule has 5 N–H and O–H groups in total. The summed E-state index contributed by atoms with van der Waals surface area (Å²) in [6.45, 7) is 2.31. The van der Waals surface area contributed by atoms with E-state index in [1.54, 1.807) is 0 Å². The summed E-state index contributed by atoms with van der Waals surface area (Å²) in [6.07, 6.45) is 9.96. The third kappa shape index (κ3) is 1.62. The van der Waals surface area contributed by atoms with Crippen LogP contribution in [0.3, 0.4) is 0 Å². The molecule has 0 aromatic rings. The minimum Gasteiger partial charge on any atom is -0.344 e. The van der Waals surface area contributed by atoms with Crippen molar-refractivity contribution in [2.45, 2.75) is 57.4 Å². The summed E-state index contributed by atoms with van der Waals surface area (Å²) < 4.78 is 0. The first kappa shape index (κ1) is 11.4. The van der Waals surface area contributed by atoms with Crippen molar-refractivity contribution in [1.29, 1.82) is 0 Å². The van der Waals surface area contributed by atoms with Gasteiger partial charge in [-0.3, -0.25) is 0 Å². The molecule has 88 valence electrons. The highest BCUT2D eigenvalue weighted by Gasteiger charge is 2.54. The van der Waals surface area contributed by atoms with Crippen molar-refractivity contribution in [2.75, 3.05) is 0 Å². The van der Waals surface area contributed by atoms with Crippen LogP contribution in [0, 0.1) is 23.7 Å².